The van der Waals surface area contributed by atoms with Crippen LogP contribution in [-0.4, -0.2) is 11.0 Å². The Balaban J connectivity index is 1.95. The molecular formula is C13H14N2O2S. The Morgan fingerprint density at radius 2 is 2.17 bits per heavy atom. The van der Waals surface area contributed by atoms with Gasteiger partial charge >= 0.3 is 5.97 Å². The maximum atomic E-state index is 11.7. The molecule has 1 atom stereocenters. The minimum atomic E-state index is -0.415. The zero-order chi connectivity index (χ0) is 13.0. The fourth-order valence-electron chi connectivity index (χ4n) is 1.39. The van der Waals surface area contributed by atoms with Crippen molar-refractivity contribution in [2.75, 3.05) is 0 Å². The minimum absolute atomic E-state index is 0.161. The van der Waals surface area contributed by atoms with E-state index in [1.807, 2.05) is 37.3 Å². The number of rotatable bonds is 4. The second-order valence-electron chi connectivity index (χ2n) is 3.92. The van der Waals surface area contributed by atoms with Gasteiger partial charge in [-0.15, -0.1) is 11.3 Å². The molecule has 1 aromatic heterocycles. The predicted octanol–water partition coefficient (Wildman–Crippen LogP) is 2.52. The van der Waals surface area contributed by atoms with E-state index >= 15 is 0 Å². The Hall–Kier alpha value is -1.72. The van der Waals surface area contributed by atoms with Gasteiger partial charge in [-0.05, 0) is 12.5 Å². The Labute approximate surface area is 109 Å². The van der Waals surface area contributed by atoms with Crippen LogP contribution in [0.3, 0.4) is 0 Å². The average molecular weight is 262 g/mol. The second-order valence-corrected chi connectivity index (χ2v) is 4.81. The van der Waals surface area contributed by atoms with E-state index in [0.717, 1.165) is 10.6 Å². The highest BCUT2D eigenvalue weighted by atomic mass is 32.1. The number of hydrogen-bond acceptors (Lipinski definition) is 5. The third-order valence-corrected chi connectivity index (χ3v) is 3.38. The Morgan fingerprint density at radius 3 is 2.78 bits per heavy atom. The number of benzene rings is 1. The molecule has 1 heterocycles. The largest absolute Gasteiger partial charge is 0.456 e. The lowest BCUT2D eigenvalue weighted by atomic mass is 10.2. The van der Waals surface area contributed by atoms with E-state index in [0.29, 0.717) is 5.69 Å². The molecule has 5 heteroatoms. The van der Waals surface area contributed by atoms with E-state index in [2.05, 4.69) is 4.98 Å². The third-order valence-electron chi connectivity index (χ3n) is 2.33. The van der Waals surface area contributed by atoms with Gasteiger partial charge in [-0.1, -0.05) is 30.3 Å². The lowest BCUT2D eigenvalue weighted by Gasteiger charge is -2.02. The van der Waals surface area contributed by atoms with Gasteiger partial charge in [0.25, 0.3) is 0 Å². The summed E-state index contributed by atoms with van der Waals surface area (Å²) in [5.74, 6) is -0.415. The molecule has 0 spiro atoms. The SMILES string of the molecule is CC(N)c1nc(C(=O)OCc2ccccc2)cs1. The summed E-state index contributed by atoms with van der Waals surface area (Å²) >= 11 is 1.37. The van der Waals surface area contributed by atoms with Crippen molar-refractivity contribution >= 4 is 17.3 Å². The van der Waals surface area contributed by atoms with Crippen molar-refractivity contribution in [3.8, 4) is 0 Å². The van der Waals surface area contributed by atoms with Crippen LogP contribution >= 0.6 is 11.3 Å². The Bertz CT molecular complexity index is 523. The zero-order valence-corrected chi connectivity index (χ0v) is 10.8. The van der Waals surface area contributed by atoms with E-state index in [9.17, 15) is 4.79 Å². The molecule has 2 rings (SSSR count). The van der Waals surface area contributed by atoms with E-state index in [1.165, 1.54) is 11.3 Å². The van der Waals surface area contributed by atoms with Crippen LogP contribution in [0.2, 0.25) is 0 Å². The molecule has 0 amide bonds. The van der Waals surface area contributed by atoms with E-state index < -0.39 is 5.97 Å². The monoisotopic (exact) mass is 262 g/mol. The third kappa shape index (κ3) is 3.15. The molecule has 0 saturated heterocycles. The van der Waals surface area contributed by atoms with Crippen LogP contribution in [0, 0.1) is 0 Å². The Kier molecular flexibility index (Phi) is 4.07. The maximum Gasteiger partial charge on any atom is 0.358 e. The normalized spacial score (nSPS) is 12.1. The lowest BCUT2D eigenvalue weighted by Crippen LogP contribution is -2.08. The number of esters is 1. The quantitative estimate of drug-likeness (QED) is 0.860. The first kappa shape index (κ1) is 12.7. The average Bonchev–Trinajstić information content (AvgIpc) is 2.87. The first-order valence-electron chi connectivity index (χ1n) is 5.59. The van der Waals surface area contributed by atoms with Gasteiger partial charge in [-0.2, -0.15) is 0 Å². The molecule has 0 bridgehead atoms. The summed E-state index contributed by atoms with van der Waals surface area (Å²) in [5, 5.41) is 2.41. The number of ether oxygens (including phenoxy) is 1. The van der Waals surface area contributed by atoms with E-state index in [-0.39, 0.29) is 12.6 Å². The van der Waals surface area contributed by atoms with Crippen LogP contribution in [0.4, 0.5) is 0 Å². The summed E-state index contributed by atoms with van der Waals surface area (Å²) in [4.78, 5) is 15.9. The Morgan fingerprint density at radius 1 is 1.44 bits per heavy atom. The highest BCUT2D eigenvalue weighted by Crippen LogP contribution is 2.16. The fourth-order valence-corrected chi connectivity index (χ4v) is 2.13. The van der Waals surface area contributed by atoms with Gasteiger partial charge in [-0.25, -0.2) is 9.78 Å². The molecule has 0 saturated carbocycles. The predicted molar refractivity (Wildman–Crippen MR) is 70.3 cm³/mol. The topological polar surface area (TPSA) is 65.2 Å². The lowest BCUT2D eigenvalue weighted by molar-refractivity contribution is 0.0466. The van der Waals surface area contributed by atoms with Gasteiger partial charge in [0.15, 0.2) is 5.69 Å². The summed E-state index contributed by atoms with van der Waals surface area (Å²) in [6.07, 6.45) is 0. The van der Waals surface area contributed by atoms with Crippen molar-refractivity contribution in [3.05, 3.63) is 52.0 Å². The molecule has 94 valence electrons. The summed E-state index contributed by atoms with van der Waals surface area (Å²) in [5.41, 5.74) is 6.96. The highest BCUT2D eigenvalue weighted by Gasteiger charge is 2.13. The van der Waals surface area contributed by atoms with Crippen LogP contribution in [0.1, 0.15) is 34.0 Å². The standard InChI is InChI=1S/C13H14N2O2S/c1-9(14)12-15-11(8-18-12)13(16)17-7-10-5-3-2-4-6-10/h2-6,8-9H,7,14H2,1H3. The van der Waals surface area contributed by atoms with Crippen LogP contribution in [0.15, 0.2) is 35.7 Å². The van der Waals surface area contributed by atoms with Crippen molar-refractivity contribution in [1.82, 2.24) is 4.98 Å². The highest BCUT2D eigenvalue weighted by molar-refractivity contribution is 7.09. The van der Waals surface area contributed by atoms with E-state index in [4.69, 9.17) is 10.5 Å². The van der Waals surface area contributed by atoms with Gasteiger partial charge in [0.05, 0.1) is 6.04 Å². The summed E-state index contributed by atoms with van der Waals surface area (Å²) in [7, 11) is 0. The van der Waals surface area contributed by atoms with Gasteiger partial charge in [0.2, 0.25) is 0 Å². The molecule has 0 aliphatic rings. The van der Waals surface area contributed by atoms with Crippen LogP contribution < -0.4 is 5.73 Å². The molecule has 18 heavy (non-hydrogen) atoms. The fraction of sp³-hybridized carbons (Fsp3) is 0.231. The molecule has 0 radical (unpaired) electrons. The molecular weight excluding hydrogens is 248 g/mol. The van der Waals surface area contributed by atoms with Crippen LogP contribution in [0.25, 0.3) is 0 Å². The number of hydrogen-bond donors (Lipinski definition) is 1. The summed E-state index contributed by atoms with van der Waals surface area (Å²) < 4.78 is 5.17. The van der Waals surface area contributed by atoms with Crippen molar-refractivity contribution in [1.29, 1.82) is 0 Å². The van der Waals surface area contributed by atoms with Crippen LogP contribution in [0.5, 0.6) is 0 Å². The number of carbonyl (C=O) groups is 1. The van der Waals surface area contributed by atoms with Gasteiger partial charge < -0.3 is 10.5 Å². The molecule has 1 unspecified atom stereocenters. The summed E-state index contributed by atoms with van der Waals surface area (Å²) in [6.45, 7) is 2.09. The van der Waals surface area contributed by atoms with Crippen molar-refractivity contribution in [2.24, 2.45) is 5.73 Å². The van der Waals surface area contributed by atoms with Crippen molar-refractivity contribution in [3.63, 3.8) is 0 Å². The molecule has 0 aliphatic heterocycles. The smallest absolute Gasteiger partial charge is 0.358 e. The van der Waals surface area contributed by atoms with Gasteiger partial charge in [0.1, 0.15) is 11.6 Å². The first-order valence-corrected chi connectivity index (χ1v) is 6.47. The molecule has 1 aromatic carbocycles. The molecule has 2 N–H and O–H groups in total. The van der Waals surface area contributed by atoms with E-state index in [1.54, 1.807) is 5.38 Å². The van der Waals surface area contributed by atoms with Crippen LogP contribution in [-0.2, 0) is 11.3 Å². The number of nitrogens with zero attached hydrogens (tertiary/aromatic N) is 1. The van der Waals surface area contributed by atoms with Gasteiger partial charge in [0, 0.05) is 5.38 Å². The summed E-state index contributed by atoms with van der Waals surface area (Å²) in [6, 6.07) is 9.37. The minimum Gasteiger partial charge on any atom is -0.456 e. The van der Waals surface area contributed by atoms with Crippen molar-refractivity contribution < 1.29 is 9.53 Å². The van der Waals surface area contributed by atoms with Gasteiger partial charge in [-0.3, -0.25) is 0 Å². The first-order chi connectivity index (χ1) is 8.66. The number of thiazole rings is 1. The number of carbonyl (C=O) groups excluding carboxylic acids is 1. The number of nitrogens with two attached hydrogens (primary N) is 1. The molecule has 2 aromatic rings. The molecule has 0 aliphatic carbocycles. The maximum absolute atomic E-state index is 11.7. The molecule has 0 fully saturated rings. The zero-order valence-electron chi connectivity index (χ0n) is 10.00. The second kappa shape index (κ2) is 5.75. The molecule has 4 nitrogen and oxygen atoms in total. The van der Waals surface area contributed by atoms with Crippen molar-refractivity contribution in [2.45, 2.75) is 19.6 Å². The number of aromatic nitrogens is 1.